The predicted molar refractivity (Wildman–Crippen MR) is 69.6 cm³/mol. The Morgan fingerprint density at radius 3 is 2.29 bits per heavy atom. The minimum atomic E-state index is 0.300. The average molecular weight is 228 g/mol. The van der Waals surface area contributed by atoms with E-state index in [1.807, 2.05) is 26.0 Å². The number of phenolic OH excluding ortho intramolecular Hbond substituents is 1. The molecular weight excluding hydrogens is 212 g/mol. The van der Waals surface area contributed by atoms with E-state index in [9.17, 15) is 5.11 Å². The van der Waals surface area contributed by atoms with E-state index in [1.165, 1.54) is 0 Å². The van der Waals surface area contributed by atoms with Crippen molar-refractivity contribution in [1.29, 1.82) is 0 Å². The molecule has 1 N–H and O–H groups in total. The SMILES string of the molecule is COc1ccc(-c2cc(C)cc(O)c2)cc1C. The highest BCUT2D eigenvalue weighted by Gasteiger charge is 2.04. The summed E-state index contributed by atoms with van der Waals surface area (Å²) in [5.41, 5.74) is 4.25. The lowest BCUT2D eigenvalue weighted by molar-refractivity contribution is 0.412. The number of aromatic hydroxyl groups is 1. The average Bonchev–Trinajstić information content (AvgIpc) is 2.27. The van der Waals surface area contributed by atoms with Gasteiger partial charge in [-0.2, -0.15) is 0 Å². The highest BCUT2D eigenvalue weighted by Crippen LogP contribution is 2.29. The third kappa shape index (κ3) is 2.41. The maximum absolute atomic E-state index is 9.60. The summed E-state index contributed by atoms with van der Waals surface area (Å²) in [6, 6.07) is 11.6. The summed E-state index contributed by atoms with van der Waals surface area (Å²) in [4.78, 5) is 0. The van der Waals surface area contributed by atoms with Crippen molar-refractivity contribution in [3.8, 4) is 22.6 Å². The Morgan fingerprint density at radius 2 is 1.71 bits per heavy atom. The van der Waals surface area contributed by atoms with E-state index in [2.05, 4.69) is 12.1 Å². The molecule has 2 rings (SSSR count). The highest BCUT2D eigenvalue weighted by molar-refractivity contribution is 5.67. The second-order valence-electron chi connectivity index (χ2n) is 4.24. The normalized spacial score (nSPS) is 10.3. The van der Waals surface area contributed by atoms with Crippen molar-refractivity contribution < 1.29 is 9.84 Å². The fourth-order valence-electron chi connectivity index (χ4n) is 1.99. The van der Waals surface area contributed by atoms with Crippen molar-refractivity contribution in [2.75, 3.05) is 7.11 Å². The molecule has 2 aromatic carbocycles. The summed E-state index contributed by atoms with van der Waals surface area (Å²) in [7, 11) is 1.67. The molecular formula is C15H16O2. The zero-order valence-electron chi connectivity index (χ0n) is 10.3. The molecule has 2 nitrogen and oxygen atoms in total. The Kier molecular flexibility index (Phi) is 3.05. The van der Waals surface area contributed by atoms with E-state index in [4.69, 9.17) is 4.74 Å². The fraction of sp³-hybridized carbons (Fsp3) is 0.200. The smallest absolute Gasteiger partial charge is 0.121 e. The summed E-state index contributed by atoms with van der Waals surface area (Å²) in [6.07, 6.45) is 0. The van der Waals surface area contributed by atoms with Crippen LogP contribution in [0.2, 0.25) is 0 Å². The number of ether oxygens (including phenoxy) is 1. The lowest BCUT2D eigenvalue weighted by atomic mass is 10.0. The van der Waals surface area contributed by atoms with E-state index in [-0.39, 0.29) is 0 Å². The molecule has 0 saturated heterocycles. The van der Waals surface area contributed by atoms with Gasteiger partial charge in [0.15, 0.2) is 0 Å². The molecule has 0 heterocycles. The van der Waals surface area contributed by atoms with Gasteiger partial charge in [0.25, 0.3) is 0 Å². The molecule has 0 aliphatic rings. The van der Waals surface area contributed by atoms with Gasteiger partial charge in [-0.25, -0.2) is 0 Å². The Balaban J connectivity index is 2.49. The summed E-state index contributed by atoms with van der Waals surface area (Å²) < 4.78 is 5.23. The molecule has 0 unspecified atom stereocenters. The second-order valence-corrected chi connectivity index (χ2v) is 4.24. The number of benzene rings is 2. The van der Waals surface area contributed by atoms with Crippen molar-refractivity contribution in [2.24, 2.45) is 0 Å². The quantitative estimate of drug-likeness (QED) is 0.849. The predicted octanol–water partition coefficient (Wildman–Crippen LogP) is 3.68. The van der Waals surface area contributed by atoms with Crippen molar-refractivity contribution in [1.82, 2.24) is 0 Å². The molecule has 0 aliphatic heterocycles. The van der Waals surface area contributed by atoms with Gasteiger partial charge in [0.1, 0.15) is 11.5 Å². The highest BCUT2D eigenvalue weighted by atomic mass is 16.5. The Hall–Kier alpha value is -1.96. The van der Waals surface area contributed by atoms with Crippen molar-refractivity contribution in [3.05, 3.63) is 47.5 Å². The topological polar surface area (TPSA) is 29.5 Å². The lowest BCUT2D eigenvalue weighted by Gasteiger charge is -2.08. The molecule has 0 atom stereocenters. The molecule has 17 heavy (non-hydrogen) atoms. The molecule has 88 valence electrons. The first-order valence-electron chi connectivity index (χ1n) is 5.56. The van der Waals surface area contributed by atoms with Gasteiger partial charge in [-0.15, -0.1) is 0 Å². The number of phenols is 1. The summed E-state index contributed by atoms with van der Waals surface area (Å²) in [5, 5.41) is 9.60. The molecule has 0 spiro atoms. The number of rotatable bonds is 2. The monoisotopic (exact) mass is 228 g/mol. The third-order valence-corrected chi connectivity index (χ3v) is 2.79. The molecule has 0 aromatic heterocycles. The molecule has 2 heteroatoms. The Morgan fingerprint density at radius 1 is 0.941 bits per heavy atom. The van der Waals surface area contributed by atoms with Crippen LogP contribution in [-0.4, -0.2) is 12.2 Å². The van der Waals surface area contributed by atoms with Crippen LogP contribution in [0.1, 0.15) is 11.1 Å². The minimum absolute atomic E-state index is 0.300. The minimum Gasteiger partial charge on any atom is -0.508 e. The van der Waals surface area contributed by atoms with Gasteiger partial charge < -0.3 is 9.84 Å². The fourth-order valence-corrected chi connectivity index (χ4v) is 1.99. The number of methoxy groups -OCH3 is 1. The molecule has 0 amide bonds. The second kappa shape index (κ2) is 4.50. The van der Waals surface area contributed by atoms with Gasteiger partial charge in [0.2, 0.25) is 0 Å². The van der Waals surface area contributed by atoms with Crippen molar-refractivity contribution >= 4 is 0 Å². The summed E-state index contributed by atoms with van der Waals surface area (Å²) in [6.45, 7) is 3.98. The van der Waals surface area contributed by atoms with Crippen LogP contribution in [0.3, 0.4) is 0 Å². The van der Waals surface area contributed by atoms with Crippen LogP contribution in [-0.2, 0) is 0 Å². The molecule has 2 aromatic rings. The molecule has 0 saturated carbocycles. The number of aryl methyl sites for hydroxylation is 2. The first-order valence-corrected chi connectivity index (χ1v) is 5.56. The van der Waals surface area contributed by atoms with Crippen LogP contribution in [0.4, 0.5) is 0 Å². The summed E-state index contributed by atoms with van der Waals surface area (Å²) in [5.74, 6) is 1.18. The zero-order valence-corrected chi connectivity index (χ0v) is 10.3. The van der Waals surface area contributed by atoms with Gasteiger partial charge in [-0.3, -0.25) is 0 Å². The molecule has 0 aliphatic carbocycles. The number of hydrogen-bond donors (Lipinski definition) is 1. The van der Waals surface area contributed by atoms with Gasteiger partial charge in [-0.1, -0.05) is 12.1 Å². The first-order chi connectivity index (χ1) is 8.10. The van der Waals surface area contributed by atoms with Crippen LogP contribution in [0.15, 0.2) is 36.4 Å². The van der Waals surface area contributed by atoms with Crippen molar-refractivity contribution in [2.45, 2.75) is 13.8 Å². The van der Waals surface area contributed by atoms with Crippen LogP contribution in [0.5, 0.6) is 11.5 Å². The summed E-state index contributed by atoms with van der Waals surface area (Å²) >= 11 is 0. The first kappa shape index (κ1) is 11.5. The lowest BCUT2D eigenvalue weighted by Crippen LogP contribution is -1.88. The van der Waals surface area contributed by atoms with E-state index in [0.717, 1.165) is 28.0 Å². The molecule has 0 radical (unpaired) electrons. The van der Waals surface area contributed by atoms with Gasteiger partial charge in [0.05, 0.1) is 7.11 Å². The van der Waals surface area contributed by atoms with E-state index in [1.54, 1.807) is 19.2 Å². The maximum atomic E-state index is 9.60. The van der Waals surface area contributed by atoms with E-state index >= 15 is 0 Å². The van der Waals surface area contributed by atoms with Crippen LogP contribution in [0.25, 0.3) is 11.1 Å². The zero-order chi connectivity index (χ0) is 12.4. The van der Waals surface area contributed by atoms with Crippen LogP contribution in [0, 0.1) is 13.8 Å². The Bertz CT molecular complexity index is 524. The Labute approximate surface area is 101 Å². The van der Waals surface area contributed by atoms with E-state index in [0.29, 0.717) is 5.75 Å². The van der Waals surface area contributed by atoms with E-state index < -0.39 is 0 Å². The van der Waals surface area contributed by atoms with Crippen LogP contribution < -0.4 is 4.74 Å². The van der Waals surface area contributed by atoms with Gasteiger partial charge >= 0.3 is 0 Å². The number of hydrogen-bond acceptors (Lipinski definition) is 2. The largest absolute Gasteiger partial charge is 0.508 e. The third-order valence-electron chi connectivity index (χ3n) is 2.79. The van der Waals surface area contributed by atoms with Gasteiger partial charge in [0, 0.05) is 0 Å². The molecule has 0 bridgehead atoms. The molecule has 0 fully saturated rings. The maximum Gasteiger partial charge on any atom is 0.121 e. The van der Waals surface area contributed by atoms with Gasteiger partial charge in [-0.05, 0) is 60.4 Å². The standard InChI is InChI=1S/C15H16O2/c1-10-6-13(9-14(16)7-10)12-4-5-15(17-3)11(2)8-12/h4-9,16H,1-3H3. The van der Waals surface area contributed by atoms with Crippen molar-refractivity contribution in [3.63, 3.8) is 0 Å². The van der Waals surface area contributed by atoms with Crippen LogP contribution >= 0.6 is 0 Å².